The highest BCUT2D eigenvalue weighted by Crippen LogP contribution is 2.50. The lowest BCUT2D eigenvalue weighted by molar-refractivity contribution is 0.0600. The molecule has 37 heavy (non-hydrogen) atoms. The molecule has 5 rings (SSSR count). The molecule has 1 atom stereocenters. The van der Waals surface area contributed by atoms with E-state index in [1.807, 2.05) is 31.2 Å². The number of rotatable bonds is 5. The van der Waals surface area contributed by atoms with Crippen LogP contribution in [0.25, 0.3) is 27.8 Å². The zero-order valence-electron chi connectivity index (χ0n) is 20.3. The predicted molar refractivity (Wildman–Crippen MR) is 146 cm³/mol. The van der Waals surface area contributed by atoms with Gasteiger partial charge in [0.15, 0.2) is 0 Å². The van der Waals surface area contributed by atoms with Crippen LogP contribution in [0, 0.1) is 0 Å². The maximum Gasteiger partial charge on any atom is 0.337 e. The van der Waals surface area contributed by atoms with Gasteiger partial charge in [-0.3, -0.25) is 13.9 Å². The summed E-state index contributed by atoms with van der Waals surface area (Å²) < 4.78 is 26.6. The molecule has 0 saturated carbocycles. The summed E-state index contributed by atoms with van der Waals surface area (Å²) >= 11 is 6.50. The molecule has 0 aliphatic carbocycles. The lowest BCUT2D eigenvalue weighted by Gasteiger charge is -2.30. The molecule has 0 radical (unpaired) electrons. The third kappa shape index (κ3) is 4.95. The molecular formula is C27H26ClN3O5S. The van der Waals surface area contributed by atoms with E-state index >= 15 is 0 Å². The van der Waals surface area contributed by atoms with Gasteiger partial charge in [0.1, 0.15) is 5.69 Å². The highest BCUT2D eigenvalue weighted by molar-refractivity contribution is 8.24. The van der Waals surface area contributed by atoms with E-state index in [-0.39, 0.29) is 17.4 Å². The SMILES string of the molecule is COC(=O)c1ccc(-n2nc(-c3ccccc3Cl)c3ccc(C(=O)NC4(C)CCS(O)(O)C4)cc32)cc1. The fourth-order valence-corrected chi connectivity index (χ4v) is 7.03. The third-order valence-electron chi connectivity index (χ3n) is 6.55. The van der Waals surface area contributed by atoms with Gasteiger partial charge in [0.2, 0.25) is 0 Å². The monoisotopic (exact) mass is 539 g/mol. The van der Waals surface area contributed by atoms with Crippen molar-refractivity contribution in [2.45, 2.75) is 18.9 Å². The van der Waals surface area contributed by atoms with E-state index in [2.05, 4.69) is 5.32 Å². The number of nitrogens with one attached hydrogen (secondary N) is 1. The minimum atomic E-state index is -2.68. The third-order valence-corrected chi connectivity index (χ3v) is 8.84. The lowest BCUT2D eigenvalue weighted by atomic mass is 10.0. The van der Waals surface area contributed by atoms with Crippen LogP contribution in [0.1, 0.15) is 34.1 Å². The van der Waals surface area contributed by atoms with Crippen molar-refractivity contribution in [3.8, 4) is 16.9 Å². The first kappa shape index (κ1) is 25.3. The molecule has 1 aromatic heterocycles. The highest BCUT2D eigenvalue weighted by Gasteiger charge is 2.39. The summed E-state index contributed by atoms with van der Waals surface area (Å²) in [6.45, 7) is 1.83. The zero-order chi connectivity index (χ0) is 26.4. The second-order valence-corrected chi connectivity index (χ2v) is 12.1. The van der Waals surface area contributed by atoms with Crippen molar-refractivity contribution < 1.29 is 23.4 Å². The van der Waals surface area contributed by atoms with Crippen LogP contribution in [0.2, 0.25) is 5.02 Å². The van der Waals surface area contributed by atoms with Crippen molar-refractivity contribution in [1.29, 1.82) is 0 Å². The molecule has 1 aliphatic rings. The Morgan fingerprint density at radius 3 is 2.43 bits per heavy atom. The Hall–Kier alpha value is -3.37. The summed E-state index contributed by atoms with van der Waals surface area (Å²) in [6, 6.07) is 19.5. The Morgan fingerprint density at radius 1 is 1.08 bits per heavy atom. The first-order chi connectivity index (χ1) is 17.6. The van der Waals surface area contributed by atoms with E-state index in [4.69, 9.17) is 21.4 Å². The van der Waals surface area contributed by atoms with Gasteiger partial charge in [-0.15, -0.1) is 0 Å². The standard InChI is InChI=1S/C27H26ClN3O5S/c1-27(13-14-37(34,35)16-27)29-25(32)18-9-12-21-23(15-18)31(19-10-7-17(8-11-19)26(33)36-2)30-24(21)20-5-3-4-6-22(20)28/h3-12,15,34-35H,13-14,16H2,1-2H3,(H,29,32). The topological polar surface area (TPSA) is 114 Å². The molecule has 0 bridgehead atoms. The molecule has 0 spiro atoms. The van der Waals surface area contributed by atoms with Gasteiger partial charge in [-0.05, 0) is 61.9 Å². The number of ether oxygens (including phenoxy) is 1. The number of esters is 1. The molecule has 1 saturated heterocycles. The molecule has 10 heteroatoms. The normalized spacial score (nSPS) is 19.5. The number of carbonyl (C=O) groups is 2. The van der Waals surface area contributed by atoms with Gasteiger partial charge in [-0.25, -0.2) is 9.48 Å². The maximum absolute atomic E-state index is 13.2. The van der Waals surface area contributed by atoms with Gasteiger partial charge < -0.3 is 10.1 Å². The van der Waals surface area contributed by atoms with Gasteiger partial charge in [0.05, 0.1) is 40.2 Å². The highest BCUT2D eigenvalue weighted by atomic mass is 35.5. The van der Waals surface area contributed by atoms with E-state index in [1.165, 1.54) is 7.11 Å². The molecule has 4 aromatic rings. The Labute approximate surface area is 220 Å². The molecule has 3 aromatic carbocycles. The molecule has 1 unspecified atom stereocenters. The first-order valence-electron chi connectivity index (χ1n) is 11.6. The van der Waals surface area contributed by atoms with E-state index < -0.39 is 22.1 Å². The number of carbonyl (C=O) groups excluding carboxylic acids is 2. The number of aromatic nitrogens is 2. The summed E-state index contributed by atoms with van der Waals surface area (Å²) in [4.78, 5) is 25.1. The van der Waals surface area contributed by atoms with Crippen LogP contribution in [-0.4, -0.2) is 54.9 Å². The zero-order valence-corrected chi connectivity index (χ0v) is 21.8. The van der Waals surface area contributed by atoms with Crippen LogP contribution in [0.5, 0.6) is 0 Å². The average molecular weight is 540 g/mol. The Bertz CT molecular complexity index is 1520. The van der Waals surface area contributed by atoms with Crippen molar-refractivity contribution in [2.24, 2.45) is 0 Å². The number of hydrogen-bond acceptors (Lipinski definition) is 6. The van der Waals surface area contributed by atoms with Crippen LogP contribution in [0.4, 0.5) is 0 Å². The quantitative estimate of drug-likeness (QED) is 0.277. The number of hydrogen-bond donors (Lipinski definition) is 3. The largest absolute Gasteiger partial charge is 0.465 e. The number of methoxy groups -OCH3 is 1. The number of amides is 1. The second kappa shape index (κ2) is 9.50. The van der Waals surface area contributed by atoms with Gasteiger partial charge in [0.25, 0.3) is 5.91 Å². The van der Waals surface area contributed by atoms with Crippen LogP contribution < -0.4 is 5.32 Å². The molecule has 1 amide bonds. The Kier molecular flexibility index (Phi) is 6.49. The van der Waals surface area contributed by atoms with Crippen LogP contribution >= 0.6 is 22.2 Å². The van der Waals surface area contributed by atoms with Crippen molar-refractivity contribution >= 4 is 45.0 Å². The number of fused-ring (bicyclic) bond motifs is 1. The average Bonchev–Trinajstić information content (AvgIpc) is 3.39. The van der Waals surface area contributed by atoms with Crippen molar-refractivity contribution in [2.75, 3.05) is 18.6 Å². The summed E-state index contributed by atoms with van der Waals surface area (Å²) in [6.07, 6.45) is 0.491. The van der Waals surface area contributed by atoms with Crippen molar-refractivity contribution in [3.63, 3.8) is 0 Å². The van der Waals surface area contributed by atoms with Crippen molar-refractivity contribution in [1.82, 2.24) is 15.1 Å². The Balaban J connectivity index is 1.59. The molecule has 1 fully saturated rings. The molecule has 192 valence electrons. The number of halogens is 1. The fourth-order valence-electron chi connectivity index (χ4n) is 4.65. The van der Waals surface area contributed by atoms with Gasteiger partial charge >= 0.3 is 5.97 Å². The van der Waals surface area contributed by atoms with Gasteiger partial charge in [-0.1, -0.05) is 29.8 Å². The van der Waals surface area contributed by atoms with Crippen molar-refractivity contribution in [3.05, 3.63) is 82.9 Å². The summed E-state index contributed by atoms with van der Waals surface area (Å²) in [5.41, 5.74) is 2.89. The van der Waals surface area contributed by atoms with Crippen LogP contribution in [-0.2, 0) is 4.74 Å². The smallest absolute Gasteiger partial charge is 0.337 e. The molecule has 8 nitrogen and oxygen atoms in total. The van der Waals surface area contributed by atoms with E-state index in [1.54, 1.807) is 47.1 Å². The summed E-state index contributed by atoms with van der Waals surface area (Å²) in [7, 11) is -1.35. The Morgan fingerprint density at radius 2 is 1.78 bits per heavy atom. The maximum atomic E-state index is 13.2. The van der Waals surface area contributed by atoms with E-state index in [0.717, 1.165) is 10.9 Å². The predicted octanol–water partition coefficient (Wildman–Crippen LogP) is 5.78. The first-order valence-corrected chi connectivity index (χ1v) is 13.9. The summed E-state index contributed by atoms with van der Waals surface area (Å²) in [5, 5.41) is 9.17. The minimum absolute atomic E-state index is 0.134. The fraction of sp³-hybridized carbons (Fsp3) is 0.222. The molecular weight excluding hydrogens is 514 g/mol. The summed E-state index contributed by atoms with van der Waals surface area (Å²) in [5.74, 6) is -0.341. The molecule has 1 aliphatic heterocycles. The second-order valence-electron chi connectivity index (χ2n) is 9.43. The minimum Gasteiger partial charge on any atom is -0.465 e. The van der Waals surface area contributed by atoms with Crippen LogP contribution in [0.3, 0.4) is 0 Å². The van der Waals surface area contributed by atoms with Gasteiger partial charge in [-0.2, -0.15) is 15.7 Å². The van der Waals surface area contributed by atoms with E-state index in [9.17, 15) is 18.7 Å². The lowest BCUT2D eigenvalue weighted by Crippen LogP contribution is -2.46. The van der Waals surface area contributed by atoms with Gasteiger partial charge in [0, 0.05) is 22.3 Å². The molecule has 2 heterocycles. The number of nitrogens with zero attached hydrogens (tertiary/aromatic N) is 2. The van der Waals surface area contributed by atoms with Crippen LogP contribution in [0.15, 0.2) is 66.7 Å². The van der Waals surface area contributed by atoms with E-state index in [0.29, 0.717) is 39.5 Å². The number of benzene rings is 3. The molecule has 3 N–H and O–H groups in total.